The molecule has 134 valence electrons. The Hall–Kier alpha value is -0.660. The van der Waals surface area contributed by atoms with Crippen molar-refractivity contribution in [1.82, 2.24) is 10.2 Å². The topological polar surface area (TPSA) is 75.7 Å². The second kappa shape index (κ2) is 7.49. The largest absolute Gasteiger partial charge is 0.377 e. The van der Waals surface area contributed by atoms with Crippen molar-refractivity contribution in [1.29, 1.82) is 0 Å². The molecule has 7 heteroatoms. The van der Waals surface area contributed by atoms with Crippen LogP contribution in [0.1, 0.15) is 46.5 Å². The monoisotopic (exact) mass is 346 g/mol. The van der Waals surface area contributed by atoms with Crippen LogP contribution in [0.15, 0.2) is 0 Å². The molecule has 1 N–H and O–H groups in total. The van der Waals surface area contributed by atoms with E-state index < -0.39 is 9.84 Å². The Morgan fingerprint density at radius 3 is 2.61 bits per heavy atom. The molecule has 2 atom stereocenters. The number of rotatable bonds is 7. The van der Waals surface area contributed by atoms with Gasteiger partial charge >= 0.3 is 0 Å². The summed E-state index contributed by atoms with van der Waals surface area (Å²) in [6, 6.07) is -0.0697. The number of ether oxygens (including phenoxy) is 1. The molecule has 0 spiro atoms. The van der Waals surface area contributed by atoms with E-state index in [1.165, 1.54) is 0 Å². The number of hydrogen-bond acceptors (Lipinski definition) is 5. The molecule has 6 nitrogen and oxygen atoms in total. The molecular formula is C16H30N2O4S. The highest BCUT2D eigenvalue weighted by Crippen LogP contribution is 2.21. The van der Waals surface area contributed by atoms with Crippen LogP contribution in [0.4, 0.5) is 0 Å². The van der Waals surface area contributed by atoms with Gasteiger partial charge in [-0.25, -0.2) is 8.42 Å². The second-order valence-electron chi connectivity index (χ2n) is 7.41. The highest BCUT2D eigenvalue weighted by atomic mass is 32.2. The Morgan fingerprint density at radius 2 is 2.09 bits per heavy atom. The molecule has 0 aromatic carbocycles. The van der Waals surface area contributed by atoms with Gasteiger partial charge in [0.15, 0.2) is 9.84 Å². The fourth-order valence-electron chi connectivity index (χ4n) is 3.15. The van der Waals surface area contributed by atoms with Crippen molar-refractivity contribution in [2.24, 2.45) is 0 Å². The lowest BCUT2D eigenvalue weighted by Gasteiger charge is -2.32. The molecule has 0 aromatic rings. The van der Waals surface area contributed by atoms with Crippen LogP contribution in [-0.2, 0) is 19.4 Å². The van der Waals surface area contributed by atoms with Crippen molar-refractivity contribution in [2.45, 2.75) is 64.1 Å². The summed E-state index contributed by atoms with van der Waals surface area (Å²) in [4.78, 5) is 14.4. The maximum Gasteiger partial charge on any atom is 0.234 e. The molecule has 2 fully saturated rings. The van der Waals surface area contributed by atoms with Crippen molar-refractivity contribution in [3.05, 3.63) is 0 Å². The predicted molar refractivity (Wildman–Crippen MR) is 90.1 cm³/mol. The van der Waals surface area contributed by atoms with Gasteiger partial charge in [-0.05, 0) is 39.5 Å². The minimum atomic E-state index is -2.96. The normalized spacial score (nSPS) is 27.5. The standard InChI is InChI=1S/C16H30N2O4S/c1-4-16(2,3)17-15(19)11-18(10-14-6-5-8-22-14)13-7-9-23(20,21)12-13/h13-14H,4-12H2,1-3H3,(H,17,19)/t13-,14+/m1/s1. The molecule has 0 aromatic heterocycles. The minimum Gasteiger partial charge on any atom is -0.377 e. The Morgan fingerprint density at radius 1 is 1.35 bits per heavy atom. The molecule has 23 heavy (non-hydrogen) atoms. The van der Waals surface area contributed by atoms with Gasteiger partial charge in [-0.15, -0.1) is 0 Å². The lowest BCUT2D eigenvalue weighted by atomic mass is 10.0. The van der Waals surface area contributed by atoms with Gasteiger partial charge in [0, 0.05) is 24.7 Å². The lowest BCUT2D eigenvalue weighted by molar-refractivity contribution is -0.124. The average Bonchev–Trinajstić information content (AvgIpc) is 3.06. The fourth-order valence-corrected chi connectivity index (χ4v) is 4.91. The van der Waals surface area contributed by atoms with E-state index in [9.17, 15) is 13.2 Å². The van der Waals surface area contributed by atoms with E-state index in [0.717, 1.165) is 25.9 Å². The van der Waals surface area contributed by atoms with E-state index in [-0.39, 0.29) is 41.6 Å². The summed E-state index contributed by atoms with van der Waals surface area (Å²) in [5.41, 5.74) is -0.242. The summed E-state index contributed by atoms with van der Waals surface area (Å²) in [6.45, 7) is 7.67. The predicted octanol–water partition coefficient (Wildman–Crippen LogP) is 0.959. The smallest absolute Gasteiger partial charge is 0.234 e. The summed E-state index contributed by atoms with van der Waals surface area (Å²) >= 11 is 0. The molecule has 1 amide bonds. The number of nitrogens with one attached hydrogen (secondary N) is 1. The zero-order valence-corrected chi connectivity index (χ0v) is 15.3. The number of nitrogens with zero attached hydrogens (tertiary/aromatic N) is 1. The maximum atomic E-state index is 12.4. The van der Waals surface area contributed by atoms with Crippen LogP contribution in [0.5, 0.6) is 0 Å². The van der Waals surface area contributed by atoms with Crippen LogP contribution < -0.4 is 5.32 Å². The van der Waals surface area contributed by atoms with Crippen LogP contribution in [0, 0.1) is 0 Å². The number of hydrogen-bond donors (Lipinski definition) is 1. The Bertz CT molecular complexity index is 512. The molecule has 2 aliphatic heterocycles. The highest BCUT2D eigenvalue weighted by Gasteiger charge is 2.35. The van der Waals surface area contributed by atoms with Gasteiger partial charge in [-0.2, -0.15) is 0 Å². The highest BCUT2D eigenvalue weighted by molar-refractivity contribution is 7.91. The van der Waals surface area contributed by atoms with Crippen molar-refractivity contribution < 1.29 is 17.9 Å². The molecule has 0 radical (unpaired) electrons. The molecule has 2 aliphatic rings. The van der Waals surface area contributed by atoms with Crippen LogP contribution >= 0.6 is 0 Å². The third-order valence-corrected chi connectivity index (χ3v) is 6.65. The van der Waals surface area contributed by atoms with Crippen LogP contribution in [-0.4, -0.2) is 68.1 Å². The molecule has 2 heterocycles. The van der Waals surface area contributed by atoms with E-state index in [0.29, 0.717) is 13.0 Å². The van der Waals surface area contributed by atoms with Crippen molar-refractivity contribution in [2.75, 3.05) is 31.2 Å². The molecule has 0 unspecified atom stereocenters. The first-order valence-corrected chi connectivity index (χ1v) is 10.4. The van der Waals surface area contributed by atoms with Gasteiger partial charge in [-0.3, -0.25) is 9.69 Å². The summed E-state index contributed by atoms with van der Waals surface area (Å²) in [7, 11) is -2.96. The average molecular weight is 346 g/mol. The summed E-state index contributed by atoms with van der Waals surface area (Å²) in [6.07, 6.45) is 3.60. The van der Waals surface area contributed by atoms with Gasteiger partial charge < -0.3 is 10.1 Å². The van der Waals surface area contributed by atoms with E-state index in [4.69, 9.17) is 4.74 Å². The molecular weight excluding hydrogens is 316 g/mol. The quantitative estimate of drug-likeness (QED) is 0.743. The molecule has 2 rings (SSSR count). The van der Waals surface area contributed by atoms with E-state index in [1.807, 2.05) is 25.7 Å². The number of sulfone groups is 1. The molecule has 2 saturated heterocycles. The Labute approximate surface area is 139 Å². The number of carbonyl (C=O) groups is 1. The fraction of sp³-hybridized carbons (Fsp3) is 0.938. The Kier molecular flexibility index (Phi) is 6.08. The van der Waals surface area contributed by atoms with Crippen LogP contribution in [0.25, 0.3) is 0 Å². The van der Waals surface area contributed by atoms with E-state index >= 15 is 0 Å². The second-order valence-corrected chi connectivity index (χ2v) is 9.64. The number of carbonyl (C=O) groups excluding carboxylic acids is 1. The number of amides is 1. The van der Waals surface area contributed by atoms with Crippen molar-refractivity contribution in [3.8, 4) is 0 Å². The zero-order valence-electron chi connectivity index (χ0n) is 14.5. The van der Waals surface area contributed by atoms with Crippen molar-refractivity contribution in [3.63, 3.8) is 0 Å². The third kappa shape index (κ3) is 5.72. The van der Waals surface area contributed by atoms with Gasteiger partial charge in [0.25, 0.3) is 0 Å². The molecule has 0 bridgehead atoms. The summed E-state index contributed by atoms with van der Waals surface area (Å²) in [5.74, 6) is 0.338. The lowest BCUT2D eigenvalue weighted by Crippen LogP contribution is -2.51. The zero-order chi connectivity index (χ0) is 17.1. The van der Waals surface area contributed by atoms with Crippen LogP contribution in [0.3, 0.4) is 0 Å². The minimum absolute atomic E-state index is 0.0425. The Balaban J connectivity index is 1.99. The van der Waals surface area contributed by atoms with Gasteiger partial charge in [-0.1, -0.05) is 6.92 Å². The third-order valence-electron chi connectivity index (χ3n) is 4.90. The first-order valence-electron chi connectivity index (χ1n) is 8.58. The first kappa shape index (κ1) is 18.7. The summed E-state index contributed by atoms with van der Waals surface area (Å²) < 4.78 is 29.2. The van der Waals surface area contributed by atoms with Crippen LogP contribution in [0.2, 0.25) is 0 Å². The molecule has 0 aliphatic carbocycles. The van der Waals surface area contributed by atoms with E-state index in [2.05, 4.69) is 5.32 Å². The first-order chi connectivity index (χ1) is 10.7. The van der Waals surface area contributed by atoms with Gasteiger partial charge in [0.2, 0.25) is 5.91 Å². The van der Waals surface area contributed by atoms with Gasteiger partial charge in [0.1, 0.15) is 0 Å². The molecule has 0 saturated carbocycles. The SMILES string of the molecule is CCC(C)(C)NC(=O)CN(C[C@@H]1CCCO1)[C@@H]1CCS(=O)(=O)C1. The van der Waals surface area contributed by atoms with Crippen molar-refractivity contribution >= 4 is 15.7 Å². The summed E-state index contributed by atoms with van der Waals surface area (Å²) in [5, 5.41) is 3.03. The van der Waals surface area contributed by atoms with Gasteiger partial charge in [0.05, 0.1) is 24.2 Å². The maximum absolute atomic E-state index is 12.4. The van der Waals surface area contributed by atoms with E-state index in [1.54, 1.807) is 0 Å².